The molecular formula is C20H18O4S2. The summed E-state index contributed by atoms with van der Waals surface area (Å²) in [5, 5.41) is -0.238. The summed E-state index contributed by atoms with van der Waals surface area (Å²) in [6.07, 6.45) is 2.54. The van der Waals surface area contributed by atoms with Gasteiger partial charge in [0.15, 0.2) is 19.7 Å². The molecule has 0 N–H and O–H groups in total. The molecule has 2 saturated carbocycles. The maximum atomic E-state index is 13.0. The Kier molecular flexibility index (Phi) is 2.62. The third kappa shape index (κ3) is 1.66. The molecule has 0 spiro atoms. The summed E-state index contributed by atoms with van der Waals surface area (Å²) in [5.41, 5.74) is 2.46. The molecule has 2 heterocycles. The zero-order valence-corrected chi connectivity index (χ0v) is 15.7. The van der Waals surface area contributed by atoms with Crippen LogP contribution in [0.2, 0.25) is 0 Å². The quantitative estimate of drug-likeness (QED) is 0.756. The van der Waals surface area contributed by atoms with Crippen LogP contribution in [0.15, 0.2) is 52.3 Å². The molecule has 0 bridgehead atoms. The second kappa shape index (κ2) is 4.42. The van der Waals surface area contributed by atoms with Crippen LogP contribution in [0.3, 0.4) is 0 Å². The molecule has 4 nitrogen and oxygen atoms in total. The summed E-state index contributed by atoms with van der Waals surface area (Å²) in [4.78, 5) is 0.945. The van der Waals surface area contributed by atoms with Crippen molar-refractivity contribution in [1.82, 2.24) is 0 Å². The van der Waals surface area contributed by atoms with Crippen LogP contribution in [-0.4, -0.2) is 27.8 Å². The lowest BCUT2D eigenvalue weighted by molar-refractivity contribution is 0.208. The van der Waals surface area contributed by atoms with Gasteiger partial charge in [-0.2, -0.15) is 0 Å². The van der Waals surface area contributed by atoms with Crippen LogP contribution >= 0.6 is 0 Å². The predicted octanol–water partition coefficient (Wildman–Crippen LogP) is 2.93. The minimum absolute atomic E-state index is 0.123. The first-order chi connectivity index (χ1) is 12.3. The molecule has 4 atom stereocenters. The van der Waals surface area contributed by atoms with Crippen LogP contribution in [-0.2, 0) is 25.1 Å². The summed E-state index contributed by atoms with van der Waals surface area (Å²) in [6.45, 7) is 0. The average molecular weight is 386 g/mol. The molecule has 0 amide bonds. The summed E-state index contributed by atoms with van der Waals surface area (Å²) < 4.78 is 50.8. The predicted molar refractivity (Wildman–Crippen MR) is 96.9 cm³/mol. The van der Waals surface area contributed by atoms with Gasteiger partial charge in [0.1, 0.15) is 0 Å². The van der Waals surface area contributed by atoms with Crippen LogP contribution in [0.1, 0.15) is 47.8 Å². The van der Waals surface area contributed by atoms with Crippen molar-refractivity contribution in [2.24, 2.45) is 0 Å². The van der Waals surface area contributed by atoms with E-state index in [4.69, 9.17) is 0 Å². The molecule has 2 fully saturated rings. The Hall–Kier alpha value is -1.66. The fourth-order valence-electron chi connectivity index (χ4n) is 5.57. The normalized spacial score (nSPS) is 36.8. The van der Waals surface area contributed by atoms with Crippen LogP contribution in [0.4, 0.5) is 0 Å². The van der Waals surface area contributed by atoms with Gasteiger partial charge >= 0.3 is 0 Å². The standard InChI is InChI=1S/C20H18O4S2/c21-25(22)11-20(8-7-16(20)13-3-1-2-4-17(13)25)12-5-6-18-14(9-12)15-10-19(15)26(18,23)24/h1-6,9,15-16,19H,7-8,10-11H2/t15?,16?,19-,20+/m1/s1. The van der Waals surface area contributed by atoms with Crippen molar-refractivity contribution in [3.05, 3.63) is 59.2 Å². The second-order valence-corrected chi connectivity index (χ2v) is 12.3. The van der Waals surface area contributed by atoms with Crippen molar-refractivity contribution in [2.75, 3.05) is 5.75 Å². The Bertz CT molecular complexity index is 1200. The lowest BCUT2D eigenvalue weighted by Crippen LogP contribution is -2.51. The number of hydrogen-bond donors (Lipinski definition) is 0. The maximum absolute atomic E-state index is 13.0. The van der Waals surface area contributed by atoms with Crippen molar-refractivity contribution in [2.45, 2.75) is 51.6 Å². The van der Waals surface area contributed by atoms with E-state index in [1.54, 1.807) is 18.2 Å². The highest BCUT2D eigenvalue weighted by molar-refractivity contribution is 7.92. The monoisotopic (exact) mass is 386 g/mol. The highest BCUT2D eigenvalue weighted by Gasteiger charge is 2.59. The zero-order chi connectivity index (χ0) is 17.9. The van der Waals surface area contributed by atoms with E-state index in [2.05, 4.69) is 0 Å². The van der Waals surface area contributed by atoms with Gasteiger partial charge in [0, 0.05) is 11.3 Å². The van der Waals surface area contributed by atoms with E-state index < -0.39 is 25.1 Å². The van der Waals surface area contributed by atoms with Crippen molar-refractivity contribution in [1.29, 1.82) is 0 Å². The minimum atomic E-state index is -3.34. The van der Waals surface area contributed by atoms with E-state index in [9.17, 15) is 16.8 Å². The second-order valence-electron chi connectivity index (χ2n) is 8.22. The molecule has 0 radical (unpaired) electrons. The molecular weight excluding hydrogens is 368 g/mol. The van der Waals surface area contributed by atoms with Gasteiger partial charge in [0.25, 0.3) is 0 Å². The van der Waals surface area contributed by atoms with Gasteiger partial charge in [-0.1, -0.05) is 30.3 Å². The molecule has 26 heavy (non-hydrogen) atoms. The summed E-state index contributed by atoms with van der Waals surface area (Å²) in [6, 6.07) is 13.0. The summed E-state index contributed by atoms with van der Waals surface area (Å²) in [5.74, 6) is 0.451. The molecule has 6 rings (SSSR count). The fraction of sp³-hybridized carbons (Fsp3) is 0.400. The SMILES string of the molecule is O=S1(=O)C[C@]2(c3ccc4c(c3)C3C[C@H]3S4(=O)=O)CCC2c2ccccc21. The van der Waals surface area contributed by atoms with Crippen LogP contribution in [0.25, 0.3) is 0 Å². The van der Waals surface area contributed by atoms with Gasteiger partial charge in [-0.15, -0.1) is 0 Å². The lowest BCUT2D eigenvalue weighted by atomic mass is 9.55. The third-order valence-electron chi connectivity index (χ3n) is 7.04. The molecule has 2 aromatic rings. The van der Waals surface area contributed by atoms with Gasteiger partial charge < -0.3 is 0 Å². The Morgan fingerprint density at radius 3 is 2.50 bits per heavy atom. The topological polar surface area (TPSA) is 68.3 Å². The first kappa shape index (κ1) is 15.4. The van der Waals surface area contributed by atoms with E-state index in [1.807, 2.05) is 24.3 Å². The van der Waals surface area contributed by atoms with Crippen molar-refractivity contribution in [3.8, 4) is 0 Å². The molecule has 0 aromatic heterocycles. The van der Waals surface area contributed by atoms with Crippen molar-refractivity contribution >= 4 is 19.7 Å². The number of benzene rings is 2. The first-order valence-electron chi connectivity index (χ1n) is 9.05. The lowest BCUT2D eigenvalue weighted by Gasteiger charge is -2.53. The first-order valence-corrected chi connectivity index (χ1v) is 12.2. The number of hydrogen-bond acceptors (Lipinski definition) is 4. The van der Waals surface area contributed by atoms with Crippen LogP contribution in [0, 0.1) is 0 Å². The van der Waals surface area contributed by atoms with Gasteiger partial charge in [-0.3, -0.25) is 0 Å². The van der Waals surface area contributed by atoms with Gasteiger partial charge in [-0.25, -0.2) is 16.8 Å². The Morgan fingerprint density at radius 2 is 1.73 bits per heavy atom. The molecule has 2 unspecified atom stereocenters. The molecule has 2 aliphatic heterocycles. The highest BCUT2D eigenvalue weighted by atomic mass is 32.2. The van der Waals surface area contributed by atoms with E-state index in [0.717, 1.165) is 36.0 Å². The highest BCUT2D eigenvalue weighted by Crippen LogP contribution is 2.62. The van der Waals surface area contributed by atoms with E-state index in [0.29, 0.717) is 9.79 Å². The molecule has 6 heteroatoms. The Balaban J connectivity index is 1.54. The smallest absolute Gasteiger partial charge is 0.182 e. The number of rotatable bonds is 1. The summed E-state index contributed by atoms with van der Waals surface area (Å²) in [7, 11) is -6.50. The number of fused-ring (bicyclic) bond motifs is 6. The maximum Gasteiger partial charge on any atom is 0.182 e. The number of sulfone groups is 2. The van der Waals surface area contributed by atoms with Crippen molar-refractivity contribution in [3.63, 3.8) is 0 Å². The van der Waals surface area contributed by atoms with E-state index >= 15 is 0 Å². The molecule has 2 aromatic carbocycles. The van der Waals surface area contributed by atoms with Gasteiger partial charge in [0.05, 0.1) is 20.8 Å². The molecule has 4 aliphatic rings. The van der Waals surface area contributed by atoms with Crippen LogP contribution in [0.5, 0.6) is 0 Å². The van der Waals surface area contributed by atoms with Crippen molar-refractivity contribution < 1.29 is 16.8 Å². The average Bonchev–Trinajstić information content (AvgIpc) is 3.35. The van der Waals surface area contributed by atoms with E-state index in [1.165, 1.54) is 0 Å². The van der Waals surface area contributed by atoms with Crippen LogP contribution < -0.4 is 0 Å². The molecule has 134 valence electrons. The van der Waals surface area contributed by atoms with Gasteiger partial charge in [0.2, 0.25) is 0 Å². The third-order valence-corrected chi connectivity index (χ3v) is 11.3. The Labute approximate surface area is 153 Å². The minimum Gasteiger partial charge on any atom is -0.224 e. The van der Waals surface area contributed by atoms with E-state index in [-0.39, 0.29) is 22.8 Å². The zero-order valence-electron chi connectivity index (χ0n) is 14.1. The molecule has 0 saturated heterocycles. The summed E-state index contributed by atoms with van der Waals surface area (Å²) >= 11 is 0. The largest absolute Gasteiger partial charge is 0.224 e. The fourth-order valence-corrected chi connectivity index (χ4v) is 9.94. The Morgan fingerprint density at radius 1 is 0.923 bits per heavy atom. The van der Waals surface area contributed by atoms with Gasteiger partial charge in [-0.05, 0) is 54.0 Å². The molecule has 2 aliphatic carbocycles.